The summed E-state index contributed by atoms with van der Waals surface area (Å²) in [6, 6.07) is 11.8. The second kappa shape index (κ2) is 6.68. The highest BCUT2D eigenvalue weighted by Gasteiger charge is 2.52. The zero-order valence-electron chi connectivity index (χ0n) is 16.0. The van der Waals surface area contributed by atoms with Crippen molar-refractivity contribution in [2.75, 3.05) is 33.0 Å². The zero-order chi connectivity index (χ0) is 18.5. The molecule has 5 aliphatic rings. The lowest BCUT2D eigenvalue weighted by molar-refractivity contribution is -0.00348. The van der Waals surface area contributed by atoms with Gasteiger partial charge >= 0.3 is 0 Å². The molecule has 0 spiro atoms. The summed E-state index contributed by atoms with van der Waals surface area (Å²) in [7, 11) is 0. The third-order valence-corrected chi connectivity index (χ3v) is 7.08. The van der Waals surface area contributed by atoms with Crippen molar-refractivity contribution in [2.45, 2.75) is 30.8 Å². The molecule has 5 aliphatic heterocycles. The molecule has 0 radical (unpaired) electrons. The van der Waals surface area contributed by atoms with Crippen molar-refractivity contribution in [1.82, 2.24) is 9.80 Å². The predicted molar refractivity (Wildman–Crippen MR) is 106 cm³/mol. The Morgan fingerprint density at radius 2 is 1.93 bits per heavy atom. The summed E-state index contributed by atoms with van der Waals surface area (Å²) < 4.78 is 16.6. The minimum Gasteiger partial charge on any atom is -0.465 e. The van der Waals surface area contributed by atoms with Crippen LogP contribution in [-0.2, 0) is 0 Å². The predicted octanol–water partition coefficient (Wildman–Crippen LogP) is 3.58. The lowest BCUT2D eigenvalue weighted by atomic mass is 9.75. The molecule has 3 atom stereocenters. The van der Waals surface area contributed by atoms with Gasteiger partial charge in [-0.05, 0) is 67.8 Å². The maximum Gasteiger partial charge on any atom is 0.231 e. The van der Waals surface area contributed by atoms with E-state index >= 15 is 0 Å². The second-order valence-corrected chi connectivity index (χ2v) is 8.45. The molecule has 2 aromatic rings. The summed E-state index contributed by atoms with van der Waals surface area (Å²) in [6.07, 6.45) is 8.77. The maximum atomic E-state index is 5.66. The van der Waals surface area contributed by atoms with Crippen molar-refractivity contribution < 1.29 is 13.9 Å². The van der Waals surface area contributed by atoms with Gasteiger partial charge in [-0.2, -0.15) is 0 Å². The van der Waals surface area contributed by atoms with E-state index in [1.807, 2.05) is 12.1 Å². The van der Waals surface area contributed by atoms with Gasteiger partial charge in [-0.1, -0.05) is 12.1 Å². The Morgan fingerprint density at radius 3 is 2.79 bits per heavy atom. The normalized spacial score (nSPS) is 33.6. The van der Waals surface area contributed by atoms with Crippen molar-refractivity contribution in [3.8, 4) is 11.5 Å². The largest absolute Gasteiger partial charge is 0.465 e. The Hall–Kier alpha value is -2.24. The monoisotopic (exact) mass is 378 g/mol. The third-order valence-electron chi connectivity index (χ3n) is 7.08. The van der Waals surface area contributed by atoms with Crippen LogP contribution in [0.4, 0.5) is 0 Å². The number of rotatable bonds is 4. The van der Waals surface area contributed by atoms with E-state index in [1.54, 1.807) is 6.26 Å². The number of furan rings is 1. The van der Waals surface area contributed by atoms with Crippen LogP contribution in [0.1, 0.15) is 30.1 Å². The molecule has 6 heterocycles. The number of benzene rings is 1. The van der Waals surface area contributed by atoms with E-state index in [2.05, 4.69) is 40.2 Å². The fraction of sp³-hybridized carbons (Fsp3) is 0.478. The number of hydrogen-bond acceptors (Lipinski definition) is 5. The first kappa shape index (κ1) is 16.7. The molecular formula is C23H26N2O3. The van der Waals surface area contributed by atoms with Crippen molar-refractivity contribution in [1.29, 1.82) is 0 Å². The van der Waals surface area contributed by atoms with Crippen LogP contribution < -0.4 is 9.47 Å². The number of fused-ring (bicyclic) bond motifs is 3. The van der Waals surface area contributed by atoms with Gasteiger partial charge in [0.2, 0.25) is 6.79 Å². The van der Waals surface area contributed by atoms with Gasteiger partial charge < -0.3 is 13.9 Å². The molecule has 1 aromatic carbocycles. The van der Waals surface area contributed by atoms with Crippen LogP contribution in [0.15, 0.2) is 47.1 Å². The molecule has 0 aliphatic carbocycles. The summed E-state index contributed by atoms with van der Waals surface area (Å²) in [5, 5.41) is 0. The fourth-order valence-electron chi connectivity index (χ4n) is 5.88. The van der Waals surface area contributed by atoms with Crippen LogP contribution in [0.2, 0.25) is 0 Å². The molecule has 5 nitrogen and oxygen atoms in total. The van der Waals surface area contributed by atoms with Crippen molar-refractivity contribution >= 4 is 6.08 Å². The van der Waals surface area contributed by atoms with Gasteiger partial charge in [-0.25, -0.2) is 0 Å². The molecule has 28 heavy (non-hydrogen) atoms. The first-order chi connectivity index (χ1) is 13.9. The number of likely N-dealkylation sites (tertiary alicyclic amines) is 1. The van der Waals surface area contributed by atoms with E-state index in [4.69, 9.17) is 13.9 Å². The maximum absolute atomic E-state index is 5.66. The van der Waals surface area contributed by atoms with Gasteiger partial charge in [0.15, 0.2) is 11.5 Å². The number of hydrogen-bond donors (Lipinski definition) is 0. The fourth-order valence-corrected chi connectivity index (χ4v) is 5.88. The van der Waals surface area contributed by atoms with E-state index < -0.39 is 0 Å². The van der Waals surface area contributed by atoms with E-state index in [0.29, 0.717) is 24.8 Å². The summed E-state index contributed by atoms with van der Waals surface area (Å²) in [5.41, 5.74) is 1.39. The summed E-state index contributed by atoms with van der Waals surface area (Å²) in [6.45, 7) is 4.93. The smallest absolute Gasteiger partial charge is 0.231 e. The Labute approximate surface area is 165 Å². The molecular weight excluding hydrogens is 352 g/mol. The third kappa shape index (κ3) is 2.68. The van der Waals surface area contributed by atoms with Crippen LogP contribution in [0.3, 0.4) is 0 Å². The van der Waals surface area contributed by atoms with Gasteiger partial charge in [0.1, 0.15) is 5.76 Å². The Morgan fingerprint density at radius 1 is 1.04 bits per heavy atom. The molecule has 7 rings (SSSR count). The average Bonchev–Trinajstić information content (AvgIpc) is 3.49. The molecule has 1 aromatic heterocycles. The highest BCUT2D eigenvalue weighted by Crippen LogP contribution is 2.47. The lowest BCUT2D eigenvalue weighted by Crippen LogP contribution is -2.60. The molecule has 146 valence electrons. The molecule has 4 fully saturated rings. The molecule has 2 bridgehead atoms. The average molecular weight is 378 g/mol. The van der Waals surface area contributed by atoms with E-state index in [0.717, 1.165) is 36.3 Å². The number of piperidine rings is 3. The zero-order valence-corrected chi connectivity index (χ0v) is 16.0. The van der Waals surface area contributed by atoms with Gasteiger partial charge in [0.25, 0.3) is 0 Å². The SMILES string of the molecule is C(=Cc1ccco1)CN1C[C@@H](c2ccc3c(c2)OCO3)[C@@H]2[C@H]1C1CCN2CC1. The molecule has 0 unspecified atom stereocenters. The summed E-state index contributed by atoms with van der Waals surface area (Å²) >= 11 is 0. The highest BCUT2D eigenvalue weighted by molar-refractivity contribution is 5.46. The van der Waals surface area contributed by atoms with Crippen LogP contribution >= 0.6 is 0 Å². The minimum absolute atomic E-state index is 0.341. The van der Waals surface area contributed by atoms with E-state index in [1.165, 1.54) is 31.5 Å². The standard InChI is InChI=1S/C23H26N2O3/c1(3-18-4-2-12-26-18)9-25-14-19(17-5-6-20-21(13-17)28-15-27-20)23-22(25)16-7-10-24(23)11-8-16/h1-6,12-13,16,19,22-23H,7-11,14-15H2/t19-,22+,23+/m0/s1. The molecule has 0 amide bonds. The van der Waals surface area contributed by atoms with E-state index in [9.17, 15) is 0 Å². The van der Waals surface area contributed by atoms with Crippen molar-refractivity contribution in [3.63, 3.8) is 0 Å². The summed E-state index contributed by atoms with van der Waals surface area (Å²) in [4.78, 5) is 5.45. The van der Waals surface area contributed by atoms with Gasteiger partial charge in [0.05, 0.1) is 6.26 Å². The number of ether oxygens (including phenoxy) is 2. The van der Waals surface area contributed by atoms with Crippen LogP contribution in [0.5, 0.6) is 11.5 Å². The van der Waals surface area contributed by atoms with Crippen LogP contribution in [0, 0.1) is 5.92 Å². The quantitative estimate of drug-likeness (QED) is 0.813. The van der Waals surface area contributed by atoms with Crippen LogP contribution in [0.25, 0.3) is 6.08 Å². The highest BCUT2D eigenvalue weighted by atomic mass is 16.7. The Bertz CT molecular complexity index is 870. The summed E-state index contributed by atoms with van der Waals surface area (Å²) in [5.74, 6) is 4.06. The first-order valence-electron chi connectivity index (χ1n) is 10.4. The topological polar surface area (TPSA) is 38.1 Å². The lowest BCUT2D eigenvalue weighted by Gasteiger charge is -2.51. The van der Waals surface area contributed by atoms with Crippen molar-refractivity contribution in [2.24, 2.45) is 5.92 Å². The first-order valence-corrected chi connectivity index (χ1v) is 10.4. The second-order valence-electron chi connectivity index (χ2n) is 8.45. The van der Waals surface area contributed by atoms with Gasteiger partial charge in [-0.3, -0.25) is 9.80 Å². The Kier molecular flexibility index (Phi) is 3.98. The molecule has 5 heteroatoms. The molecule has 0 N–H and O–H groups in total. The molecule has 4 saturated heterocycles. The molecule has 0 saturated carbocycles. The minimum atomic E-state index is 0.341. The van der Waals surface area contributed by atoms with Gasteiger partial charge in [-0.15, -0.1) is 0 Å². The van der Waals surface area contributed by atoms with E-state index in [-0.39, 0.29) is 0 Å². The van der Waals surface area contributed by atoms with Gasteiger partial charge in [0, 0.05) is 31.1 Å². The number of nitrogens with zero attached hydrogens (tertiary/aromatic N) is 2. The van der Waals surface area contributed by atoms with Crippen molar-refractivity contribution in [3.05, 3.63) is 54.0 Å². The Balaban J connectivity index is 1.28. The van der Waals surface area contributed by atoms with Crippen LogP contribution in [-0.4, -0.2) is 54.9 Å².